The summed E-state index contributed by atoms with van der Waals surface area (Å²) in [5.41, 5.74) is 2.97. The second-order valence-corrected chi connectivity index (χ2v) is 6.03. The van der Waals surface area contributed by atoms with Crippen LogP contribution in [0.4, 0.5) is 17.2 Å². The fourth-order valence-corrected chi connectivity index (χ4v) is 2.41. The van der Waals surface area contributed by atoms with Gasteiger partial charge in [-0.05, 0) is 54.2 Å². The first kappa shape index (κ1) is 17.1. The molecule has 0 atom stereocenters. The van der Waals surface area contributed by atoms with Gasteiger partial charge in [-0.3, -0.25) is 0 Å². The van der Waals surface area contributed by atoms with Gasteiger partial charge in [0.25, 0.3) is 0 Å². The lowest BCUT2D eigenvalue weighted by atomic mass is 10.2. The van der Waals surface area contributed by atoms with Crippen LogP contribution < -0.4 is 16.0 Å². The quantitative estimate of drug-likeness (QED) is 0.581. The topological polar surface area (TPSA) is 61.9 Å². The number of thiocarbonyl (C=S) groups is 1. The summed E-state index contributed by atoms with van der Waals surface area (Å²) in [6.07, 6.45) is 0. The summed E-state index contributed by atoms with van der Waals surface area (Å²) in [7, 11) is 0. The van der Waals surface area contributed by atoms with Gasteiger partial charge < -0.3 is 16.0 Å². The van der Waals surface area contributed by atoms with Gasteiger partial charge in [-0.15, -0.1) is 10.2 Å². The van der Waals surface area contributed by atoms with Crippen LogP contribution in [0.25, 0.3) is 0 Å². The zero-order valence-electron chi connectivity index (χ0n) is 13.2. The second kappa shape index (κ2) is 8.41. The fourth-order valence-electron chi connectivity index (χ4n) is 2.12. The third kappa shape index (κ3) is 5.41. The highest BCUT2D eigenvalue weighted by molar-refractivity contribution is 7.80. The zero-order chi connectivity index (χ0) is 17.5. The van der Waals surface area contributed by atoms with Gasteiger partial charge in [0.2, 0.25) is 0 Å². The van der Waals surface area contributed by atoms with Gasteiger partial charge in [0.15, 0.2) is 16.1 Å². The van der Waals surface area contributed by atoms with Crippen molar-refractivity contribution in [1.82, 2.24) is 15.5 Å². The minimum absolute atomic E-state index is 0.363. The Bertz CT molecular complexity index is 822. The van der Waals surface area contributed by atoms with Crippen molar-refractivity contribution in [2.75, 3.05) is 10.6 Å². The Morgan fingerprint density at radius 3 is 2.28 bits per heavy atom. The lowest BCUT2D eigenvalue weighted by molar-refractivity contribution is 0.926. The fraction of sp³-hybridized carbons (Fsp3) is 0.0556. The van der Waals surface area contributed by atoms with E-state index in [2.05, 4.69) is 38.3 Å². The maximum atomic E-state index is 5.72. The number of aromatic nitrogens is 2. The molecular weight excluding hydrogens is 354 g/mol. The summed E-state index contributed by atoms with van der Waals surface area (Å²) in [6, 6.07) is 21.3. The molecule has 5 nitrogen and oxygen atoms in total. The van der Waals surface area contributed by atoms with E-state index in [-0.39, 0.29) is 0 Å². The molecule has 3 N–H and O–H groups in total. The Balaban J connectivity index is 1.51. The lowest BCUT2D eigenvalue weighted by Crippen LogP contribution is -2.27. The molecule has 3 aromatic rings. The smallest absolute Gasteiger partial charge is 0.171 e. The zero-order valence-corrected chi connectivity index (χ0v) is 14.8. The van der Waals surface area contributed by atoms with E-state index in [0.717, 1.165) is 11.4 Å². The third-order valence-electron chi connectivity index (χ3n) is 3.34. The summed E-state index contributed by atoms with van der Waals surface area (Å²) in [4.78, 5) is 0. The molecule has 0 aliphatic rings. The summed E-state index contributed by atoms with van der Waals surface area (Å²) in [6.45, 7) is 0.682. The molecular formula is C18H16ClN5S. The molecule has 0 bridgehead atoms. The number of nitrogens with one attached hydrogen (secondary N) is 3. The molecule has 1 aromatic heterocycles. The number of benzene rings is 2. The standard InChI is InChI=1S/C18H16ClN5S/c19-16-10-11-17(24-23-16)21-14-6-8-15(9-7-14)22-18(25)20-12-13-4-2-1-3-5-13/h1-11H,12H2,(H,21,24)(H2,20,22,25). The molecule has 0 aliphatic carbocycles. The van der Waals surface area contributed by atoms with Gasteiger partial charge >= 0.3 is 0 Å². The number of halogens is 1. The van der Waals surface area contributed by atoms with Gasteiger partial charge in [0.1, 0.15) is 0 Å². The number of hydrogen-bond donors (Lipinski definition) is 3. The molecule has 126 valence electrons. The van der Waals surface area contributed by atoms with Crippen LogP contribution in [-0.4, -0.2) is 15.3 Å². The molecule has 2 aromatic carbocycles. The largest absolute Gasteiger partial charge is 0.358 e. The minimum Gasteiger partial charge on any atom is -0.358 e. The van der Waals surface area contributed by atoms with Crippen molar-refractivity contribution in [2.24, 2.45) is 0 Å². The molecule has 25 heavy (non-hydrogen) atoms. The minimum atomic E-state index is 0.363. The first-order chi connectivity index (χ1) is 12.2. The summed E-state index contributed by atoms with van der Waals surface area (Å²) in [5, 5.41) is 18.2. The highest BCUT2D eigenvalue weighted by Crippen LogP contribution is 2.17. The first-order valence-corrected chi connectivity index (χ1v) is 8.43. The van der Waals surface area contributed by atoms with Crippen LogP contribution in [0.1, 0.15) is 5.56 Å². The average Bonchev–Trinajstić information content (AvgIpc) is 2.64. The van der Waals surface area contributed by atoms with Crippen molar-refractivity contribution >= 4 is 46.1 Å². The van der Waals surface area contributed by atoms with Crippen LogP contribution in [0.15, 0.2) is 66.7 Å². The molecule has 0 spiro atoms. The number of anilines is 3. The first-order valence-electron chi connectivity index (χ1n) is 7.64. The van der Waals surface area contributed by atoms with Gasteiger partial charge in [-0.2, -0.15) is 0 Å². The van der Waals surface area contributed by atoms with E-state index < -0.39 is 0 Å². The molecule has 1 heterocycles. The lowest BCUT2D eigenvalue weighted by Gasteiger charge is -2.11. The Morgan fingerprint density at radius 2 is 1.60 bits per heavy atom. The van der Waals surface area contributed by atoms with Gasteiger partial charge in [0.05, 0.1) is 0 Å². The van der Waals surface area contributed by atoms with E-state index in [0.29, 0.717) is 22.6 Å². The van der Waals surface area contributed by atoms with Crippen LogP contribution in [-0.2, 0) is 6.54 Å². The average molecular weight is 370 g/mol. The van der Waals surface area contributed by atoms with E-state index in [1.54, 1.807) is 12.1 Å². The van der Waals surface area contributed by atoms with Crippen LogP contribution >= 0.6 is 23.8 Å². The second-order valence-electron chi connectivity index (χ2n) is 5.24. The molecule has 0 fully saturated rings. The summed E-state index contributed by atoms with van der Waals surface area (Å²) in [5.74, 6) is 0.630. The van der Waals surface area contributed by atoms with Crippen LogP contribution in [0.5, 0.6) is 0 Å². The van der Waals surface area contributed by atoms with Crippen molar-refractivity contribution in [3.8, 4) is 0 Å². The van der Waals surface area contributed by atoms with E-state index in [4.69, 9.17) is 23.8 Å². The Morgan fingerprint density at radius 1 is 0.880 bits per heavy atom. The normalized spacial score (nSPS) is 10.1. The third-order valence-corrected chi connectivity index (χ3v) is 3.79. The Kier molecular flexibility index (Phi) is 5.77. The molecule has 0 saturated heterocycles. The van der Waals surface area contributed by atoms with Crippen molar-refractivity contribution in [3.63, 3.8) is 0 Å². The van der Waals surface area contributed by atoms with Crippen LogP contribution in [0.3, 0.4) is 0 Å². The molecule has 0 unspecified atom stereocenters. The van der Waals surface area contributed by atoms with E-state index in [1.807, 2.05) is 42.5 Å². The molecule has 0 amide bonds. The molecule has 0 aliphatic heterocycles. The highest BCUT2D eigenvalue weighted by atomic mass is 35.5. The monoisotopic (exact) mass is 369 g/mol. The maximum Gasteiger partial charge on any atom is 0.171 e. The van der Waals surface area contributed by atoms with Crippen molar-refractivity contribution in [3.05, 3.63) is 77.4 Å². The van der Waals surface area contributed by atoms with E-state index >= 15 is 0 Å². The van der Waals surface area contributed by atoms with E-state index in [1.165, 1.54) is 5.56 Å². The summed E-state index contributed by atoms with van der Waals surface area (Å²) >= 11 is 11.0. The van der Waals surface area contributed by atoms with Crippen molar-refractivity contribution in [2.45, 2.75) is 6.54 Å². The van der Waals surface area contributed by atoms with Gasteiger partial charge in [-0.25, -0.2) is 0 Å². The van der Waals surface area contributed by atoms with Crippen LogP contribution in [0, 0.1) is 0 Å². The molecule has 0 saturated carbocycles. The maximum absolute atomic E-state index is 5.72. The highest BCUT2D eigenvalue weighted by Gasteiger charge is 2.00. The predicted molar refractivity (Wildman–Crippen MR) is 106 cm³/mol. The molecule has 7 heteroatoms. The van der Waals surface area contributed by atoms with Gasteiger partial charge in [0, 0.05) is 17.9 Å². The number of rotatable bonds is 5. The van der Waals surface area contributed by atoms with Gasteiger partial charge in [-0.1, -0.05) is 41.9 Å². The molecule has 3 rings (SSSR count). The van der Waals surface area contributed by atoms with E-state index in [9.17, 15) is 0 Å². The van der Waals surface area contributed by atoms with Crippen LogP contribution in [0.2, 0.25) is 5.15 Å². The summed E-state index contributed by atoms with van der Waals surface area (Å²) < 4.78 is 0. The predicted octanol–water partition coefficient (Wildman–Crippen LogP) is 4.36. The van der Waals surface area contributed by atoms with Crippen molar-refractivity contribution < 1.29 is 0 Å². The number of nitrogens with zero attached hydrogens (tertiary/aromatic N) is 2. The Labute approximate surface area is 156 Å². The molecule has 0 radical (unpaired) electrons. The van der Waals surface area contributed by atoms with Crippen molar-refractivity contribution in [1.29, 1.82) is 0 Å². The SMILES string of the molecule is S=C(NCc1ccccc1)Nc1ccc(Nc2ccc(Cl)nn2)cc1. The number of hydrogen-bond acceptors (Lipinski definition) is 4. The Hall–Kier alpha value is -2.70.